The van der Waals surface area contributed by atoms with Crippen LogP contribution in [-0.4, -0.2) is 48.8 Å². The summed E-state index contributed by atoms with van der Waals surface area (Å²) in [7, 11) is 0. The first kappa shape index (κ1) is 13.4. The number of rotatable bonds is 4. The molecule has 0 amide bonds. The number of aliphatic hydroxyl groups excluding tert-OH is 1. The fourth-order valence-corrected chi connectivity index (χ4v) is 2.63. The zero-order chi connectivity index (χ0) is 13.0. The van der Waals surface area contributed by atoms with Crippen LogP contribution in [0, 0.1) is 0 Å². The molecule has 0 atom stereocenters. The first-order valence-electron chi connectivity index (χ1n) is 6.90. The van der Waals surface area contributed by atoms with Gasteiger partial charge in [0.15, 0.2) is 0 Å². The minimum atomic E-state index is 0.225. The van der Waals surface area contributed by atoms with Crippen LogP contribution in [0.4, 0.5) is 5.69 Å². The number of anilines is 1. The molecule has 1 heterocycles. The number of hydrogen-bond donors (Lipinski definition) is 1. The molecule has 1 aliphatic heterocycles. The van der Waals surface area contributed by atoms with Gasteiger partial charge >= 0.3 is 0 Å². The molecule has 1 saturated heterocycles. The van der Waals surface area contributed by atoms with Crippen LogP contribution in [0.2, 0.25) is 0 Å². The van der Waals surface area contributed by atoms with Gasteiger partial charge in [-0.25, -0.2) is 0 Å². The van der Waals surface area contributed by atoms with Gasteiger partial charge in [0.25, 0.3) is 0 Å². The predicted octanol–water partition coefficient (Wildman–Crippen LogP) is 1.75. The van der Waals surface area contributed by atoms with E-state index in [9.17, 15) is 0 Å². The molecule has 0 bridgehead atoms. The van der Waals surface area contributed by atoms with E-state index in [4.69, 9.17) is 5.11 Å². The molecule has 0 aliphatic carbocycles. The summed E-state index contributed by atoms with van der Waals surface area (Å²) in [6.07, 6.45) is 0.751. The van der Waals surface area contributed by atoms with Gasteiger partial charge in [-0.05, 0) is 31.9 Å². The first-order chi connectivity index (χ1) is 8.72. The van der Waals surface area contributed by atoms with E-state index >= 15 is 0 Å². The van der Waals surface area contributed by atoms with E-state index in [1.807, 2.05) is 0 Å². The minimum absolute atomic E-state index is 0.225. The maximum absolute atomic E-state index is 9.13. The zero-order valence-corrected chi connectivity index (χ0v) is 11.5. The molecule has 1 aromatic carbocycles. The number of nitrogens with zero attached hydrogens (tertiary/aromatic N) is 2. The van der Waals surface area contributed by atoms with Crippen molar-refractivity contribution < 1.29 is 5.11 Å². The van der Waals surface area contributed by atoms with Gasteiger partial charge in [-0.1, -0.05) is 18.2 Å². The maximum Gasteiger partial charge on any atom is 0.0472 e. The molecular formula is C15H24N2O. The standard InChI is InChI=1S/C15H24N2O/c1-13(2)16-8-10-17(11-9-16)15-6-4-3-5-14(15)7-12-18/h3-6,13,18H,7-12H2,1-2H3. The van der Waals surface area contributed by atoms with Crippen molar-refractivity contribution in [3.8, 4) is 0 Å². The summed E-state index contributed by atoms with van der Waals surface area (Å²) in [5.41, 5.74) is 2.56. The van der Waals surface area contributed by atoms with Gasteiger partial charge in [0.2, 0.25) is 0 Å². The second kappa shape index (κ2) is 6.21. The summed E-state index contributed by atoms with van der Waals surface area (Å²) in [5.74, 6) is 0. The fourth-order valence-electron chi connectivity index (χ4n) is 2.63. The molecular weight excluding hydrogens is 224 g/mol. The van der Waals surface area contributed by atoms with Crippen molar-refractivity contribution in [1.82, 2.24) is 4.90 Å². The van der Waals surface area contributed by atoms with Crippen molar-refractivity contribution in [1.29, 1.82) is 0 Å². The maximum atomic E-state index is 9.13. The smallest absolute Gasteiger partial charge is 0.0472 e. The highest BCUT2D eigenvalue weighted by molar-refractivity contribution is 5.54. The summed E-state index contributed by atoms with van der Waals surface area (Å²) < 4.78 is 0. The molecule has 3 heteroatoms. The van der Waals surface area contributed by atoms with Gasteiger partial charge in [0.1, 0.15) is 0 Å². The van der Waals surface area contributed by atoms with Gasteiger partial charge in [-0.15, -0.1) is 0 Å². The van der Waals surface area contributed by atoms with Gasteiger partial charge in [0.05, 0.1) is 0 Å². The van der Waals surface area contributed by atoms with E-state index in [1.165, 1.54) is 11.3 Å². The Kier molecular flexibility index (Phi) is 4.61. The molecule has 2 rings (SSSR count). The van der Waals surface area contributed by atoms with Crippen LogP contribution in [0.15, 0.2) is 24.3 Å². The lowest BCUT2D eigenvalue weighted by Gasteiger charge is -2.38. The molecule has 1 aromatic rings. The van der Waals surface area contributed by atoms with Gasteiger partial charge in [-0.2, -0.15) is 0 Å². The van der Waals surface area contributed by atoms with Crippen LogP contribution in [0.5, 0.6) is 0 Å². The van der Waals surface area contributed by atoms with Crippen molar-refractivity contribution in [2.45, 2.75) is 26.3 Å². The lowest BCUT2D eigenvalue weighted by Crippen LogP contribution is -2.49. The van der Waals surface area contributed by atoms with E-state index in [-0.39, 0.29) is 6.61 Å². The minimum Gasteiger partial charge on any atom is -0.396 e. The second-order valence-corrected chi connectivity index (χ2v) is 5.22. The lowest BCUT2D eigenvalue weighted by molar-refractivity contribution is 0.209. The van der Waals surface area contributed by atoms with Crippen LogP contribution in [0.25, 0.3) is 0 Å². The Hall–Kier alpha value is -1.06. The van der Waals surface area contributed by atoms with Crippen molar-refractivity contribution in [2.75, 3.05) is 37.7 Å². The third kappa shape index (κ3) is 3.03. The third-order valence-electron chi connectivity index (χ3n) is 3.76. The molecule has 0 unspecified atom stereocenters. The topological polar surface area (TPSA) is 26.7 Å². The van der Waals surface area contributed by atoms with Crippen LogP contribution >= 0.6 is 0 Å². The molecule has 3 nitrogen and oxygen atoms in total. The Balaban J connectivity index is 2.05. The molecule has 0 saturated carbocycles. The number of hydrogen-bond acceptors (Lipinski definition) is 3. The summed E-state index contributed by atoms with van der Waals surface area (Å²) in [5, 5.41) is 9.13. The van der Waals surface area contributed by atoms with Crippen LogP contribution in [-0.2, 0) is 6.42 Å². The Morgan fingerprint density at radius 1 is 1.11 bits per heavy atom. The Labute approximate surface area is 110 Å². The normalized spacial score (nSPS) is 17.4. The average molecular weight is 248 g/mol. The second-order valence-electron chi connectivity index (χ2n) is 5.22. The van der Waals surface area contributed by atoms with Crippen molar-refractivity contribution in [2.24, 2.45) is 0 Å². The number of benzene rings is 1. The van der Waals surface area contributed by atoms with Gasteiger partial charge < -0.3 is 10.0 Å². The molecule has 0 aromatic heterocycles. The summed E-state index contributed by atoms with van der Waals surface area (Å²) in [4.78, 5) is 4.97. The molecule has 0 spiro atoms. The molecule has 18 heavy (non-hydrogen) atoms. The van der Waals surface area contributed by atoms with E-state index in [0.29, 0.717) is 6.04 Å². The molecule has 100 valence electrons. The molecule has 1 fully saturated rings. The zero-order valence-electron chi connectivity index (χ0n) is 11.5. The van der Waals surface area contributed by atoms with Crippen molar-refractivity contribution in [3.63, 3.8) is 0 Å². The summed E-state index contributed by atoms with van der Waals surface area (Å²) >= 11 is 0. The predicted molar refractivity (Wildman–Crippen MR) is 76.2 cm³/mol. The first-order valence-corrected chi connectivity index (χ1v) is 6.90. The van der Waals surface area contributed by atoms with E-state index in [2.05, 4.69) is 47.9 Å². The fraction of sp³-hybridized carbons (Fsp3) is 0.600. The van der Waals surface area contributed by atoms with Crippen LogP contribution < -0.4 is 4.90 Å². The Morgan fingerprint density at radius 3 is 2.39 bits per heavy atom. The summed E-state index contributed by atoms with van der Waals surface area (Å²) in [6.45, 7) is 9.17. The SMILES string of the molecule is CC(C)N1CCN(c2ccccc2CCO)CC1. The molecule has 0 radical (unpaired) electrons. The summed E-state index contributed by atoms with van der Waals surface area (Å²) in [6, 6.07) is 9.08. The largest absolute Gasteiger partial charge is 0.396 e. The molecule has 1 aliphatic rings. The third-order valence-corrected chi connectivity index (χ3v) is 3.76. The van der Waals surface area contributed by atoms with Crippen LogP contribution in [0.3, 0.4) is 0 Å². The quantitative estimate of drug-likeness (QED) is 0.879. The molecule has 1 N–H and O–H groups in total. The van der Waals surface area contributed by atoms with Crippen LogP contribution in [0.1, 0.15) is 19.4 Å². The van der Waals surface area contributed by atoms with Gasteiger partial charge in [-0.3, -0.25) is 4.90 Å². The highest BCUT2D eigenvalue weighted by Crippen LogP contribution is 2.22. The Morgan fingerprint density at radius 2 is 1.78 bits per heavy atom. The highest BCUT2D eigenvalue weighted by Gasteiger charge is 2.20. The highest BCUT2D eigenvalue weighted by atomic mass is 16.2. The van der Waals surface area contributed by atoms with E-state index in [0.717, 1.165) is 32.6 Å². The number of aliphatic hydroxyl groups is 1. The number of piperazine rings is 1. The van der Waals surface area contributed by atoms with E-state index < -0.39 is 0 Å². The van der Waals surface area contributed by atoms with Crippen molar-refractivity contribution in [3.05, 3.63) is 29.8 Å². The van der Waals surface area contributed by atoms with E-state index in [1.54, 1.807) is 0 Å². The van der Waals surface area contributed by atoms with Gasteiger partial charge in [0, 0.05) is 44.5 Å². The monoisotopic (exact) mass is 248 g/mol. The lowest BCUT2D eigenvalue weighted by atomic mass is 10.1. The number of para-hydroxylation sites is 1. The average Bonchev–Trinajstić information content (AvgIpc) is 2.40. The Bertz CT molecular complexity index is 371. The van der Waals surface area contributed by atoms with Crippen molar-refractivity contribution >= 4 is 5.69 Å².